The number of nitrogens with one attached hydrogen (secondary N) is 2. The van der Waals surface area contributed by atoms with E-state index in [1.165, 1.54) is 107 Å². The second-order valence-electron chi connectivity index (χ2n) is 15.7. The predicted molar refractivity (Wildman–Crippen MR) is 231 cm³/mol. The second kappa shape index (κ2) is 27.3. The molecule has 0 bridgehead atoms. The molecule has 0 radical (unpaired) electrons. The average Bonchev–Trinajstić information content (AvgIpc) is 3.24. The molecule has 12 nitrogen and oxygen atoms in total. The van der Waals surface area contributed by atoms with E-state index in [9.17, 15) is 19.2 Å². The Bertz CT molecular complexity index is 1760. The summed E-state index contributed by atoms with van der Waals surface area (Å²) < 4.78 is 24.4. The zero-order chi connectivity index (χ0) is 42.1. The molecule has 3 aromatic rings. The van der Waals surface area contributed by atoms with Gasteiger partial charge in [-0.3, -0.25) is 19.0 Å². The molecule has 2 N–H and O–H groups in total. The third-order valence-electron chi connectivity index (χ3n) is 10.8. The quantitative estimate of drug-likeness (QED) is 0.0537. The van der Waals surface area contributed by atoms with E-state index in [2.05, 4.69) is 22.5 Å². The second-order valence-corrected chi connectivity index (χ2v) is 15.7. The van der Waals surface area contributed by atoms with Gasteiger partial charge in [0.25, 0.3) is 5.91 Å². The molecule has 4 rings (SSSR count). The van der Waals surface area contributed by atoms with E-state index in [1.807, 2.05) is 26.0 Å². The van der Waals surface area contributed by atoms with E-state index < -0.39 is 30.0 Å². The smallest absolute Gasteiger partial charge is 0.351 e. The fraction of sp³-hybridized carbons (Fsp3) is 0.596. The third kappa shape index (κ3) is 18.1. The van der Waals surface area contributed by atoms with Gasteiger partial charge in [-0.25, -0.2) is 4.79 Å². The van der Waals surface area contributed by atoms with Gasteiger partial charge in [0.1, 0.15) is 30.9 Å². The molecule has 1 saturated heterocycles. The van der Waals surface area contributed by atoms with Gasteiger partial charge in [0.2, 0.25) is 0 Å². The van der Waals surface area contributed by atoms with Crippen LogP contribution in [0.15, 0.2) is 59.5 Å². The highest BCUT2D eigenvalue weighted by Crippen LogP contribution is 2.25. The Kier molecular flexibility index (Phi) is 21.8. The normalized spacial score (nSPS) is 15.1. The number of morpholine rings is 1. The van der Waals surface area contributed by atoms with Crippen LogP contribution in [0.2, 0.25) is 0 Å². The summed E-state index contributed by atoms with van der Waals surface area (Å²) in [6.07, 6.45) is 21.3. The summed E-state index contributed by atoms with van der Waals surface area (Å²) in [4.78, 5) is 54.2. The summed E-state index contributed by atoms with van der Waals surface area (Å²) >= 11 is 0. The molecule has 1 fully saturated rings. The largest absolute Gasteiger partial charge is 0.493 e. The van der Waals surface area contributed by atoms with E-state index in [4.69, 9.17) is 18.9 Å². The van der Waals surface area contributed by atoms with Crippen LogP contribution >= 0.6 is 0 Å². The molecule has 0 unspecified atom stereocenters. The Morgan fingerprint density at radius 3 is 2.03 bits per heavy atom. The van der Waals surface area contributed by atoms with Crippen LogP contribution in [0.4, 0.5) is 5.82 Å². The Morgan fingerprint density at radius 2 is 1.41 bits per heavy atom. The predicted octanol–water partition coefficient (Wildman–Crippen LogP) is 9.31. The van der Waals surface area contributed by atoms with Crippen molar-refractivity contribution in [3.05, 3.63) is 87.5 Å². The van der Waals surface area contributed by atoms with E-state index in [1.54, 1.807) is 30.3 Å². The van der Waals surface area contributed by atoms with Gasteiger partial charge in [0.15, 0.2) is 6.23 Å². The number of aromatic nitrogens is 2. The summed E-state index contributed by atoms with van der Waals surface area (Å²) in [5, 5.41) is 5.80. The van der Waals surface area contributed by atoms with E-state index in [-0.39, 0.29) is 37.8 Å². The number of carbonyl (C=O) groups excluding carboxylic acids is 3. The first kappa shape index (κ1) is 47.1. The fourth-order valence-corrected chi connectivity index (χ4v) is 7.09. The first-order valence-electron chi connectivity index (χ1n) is 22.1. The van der Waals surface area contributed by atoms with Crippen LogP contribution in [-0.2, 0) is 30.4 Å². The molecule has 12 heteroatoms. The molecular formula is C47H68N4O8. The molecule has 1 aliphatic rings. The first-order valence-corrected chi connectivity index (χ1v) is 22.1. The Hall–Kier alpha value is -4.55. The van der Waals surface area contributed by atoms with Crippen LogP contribution in [0.25, 0.3) is 0 Å². The topological polar surface area (TPSA) is 147 Å². The minimum absolute atomic E-state index is 0.0599. The van der Waals surface area contributed by atoms with Gasteiger partial charge in [0.05, 0.1) is 19.4 Å². The lowest BCUT2D eigenvalue weighted by Crippen LogP contribution is -2.47. The molecule has 2 atom stereocenters. The molecule has 0 saturated carbocycles. The van der Waals surface area contributed by atoms with E-state index in [0.717, 1.165) is 35.3 Å². The summed E-state index contributed by atoms with van der Waals surface area (Å²) in [6.45, 7) is 7.76. The maximum Gasteiger partial charge on any atom is 0.351 e. The molecule has 0 spiro atoms. The maximum atomic E-state index is 12.8. The third-order valence-corrected chi connectivity index (χ3v) is 10.8. The van der Waals surface area contributed by atoms with Crippen molar-refractivity contribution >= 4 is 23.7 Å². The van der Waals surface area contributed by atoms with Gasteiger partial charge >= 0.3 is 17.6 Å². The molecular weight excluding hydrogens is 749 g/mol. The minimum atomic E-state index is -0.698. The van der Waals surface area contributed by atoms with Crippen molar-refractivity contribution < 1.29 is 33.3 Å². The highest BCUT2D eigenvalue weighted by molar-refractivity contribution is 6.03. The Morgan fingerprint density at radius 1 is 0.797 bits per heavy atom. The number of carbonyl (C=O) groups is 3. The Balaban J connectivity index is 1.05. The summed E-state index contributed by atoms with van der Waals surface area (Å²) in [5.74, 6) is -0.496. The van der Waals surface area contributed by atoms with Crippen LogP contribution in [0.5, 0.6) is 5.75 Å². The van der Waals surface area contributed by atoms with E-state index in [0.29, 0.717) is 25.3 Å². The van der Waals surface area contributed by atoms with Gasteiger partial charge in [0, 0.05) is 24.8 Å². The molecule has 2 aromatic carbocycles. The minimum Gasteiger partial charge on any atom is -0.493 e. The molecule has 0 aliphatic carbocycles. The maximum absolute atomic E-state index is 12.8. The lowest BCUT2D eigenvalue weighted by atomic mass is 10.0. The number of hydrogen-bond donors (Lipinski definition) is 2. The summed E-state index contributed by atoms with van der Waals surface area (Å²) in [5.41, 5.74) is 2.82. The lowest BCUT2D eigenvalue weighted by Gasteiger charge is -2.31. The number of hydrogen-bond acceptors (Lipinski definition) is 10. The monoisotopic (exact) mass is 817 g/mol. The van der Waals surface area contributed by atoms with Crippen molar-refractivity contribution in [2.24, 2.45) is 0 Å². The van der Waals surface area contributed by atoms with Crippen molar-refractivity contribution in [2.45, 2.75) is 155 Å². The summed E-state index contributed by atoms with van der Waals surface area (Å²) in [7, 11) is 0. The van der Waals surface area contributed by atoms with Gasteiger partial charge in [-0.1, -0.05) is 128 Å². The van der Waals surface area contributed by atoms with Gasteiger partial charge in [-0.05, 0) is 61.2 Å². The molecule has 1 aliphatic heterocycles. The molecule has 1 aromatic heterocycles. The number of nitrogens with zero attached hydrogens (tertiary/aromatic N) is 2. The highest BCUT2D eigenvalue weighted by atomic mass is 16.6. The Labute approximate surface area is 351 Å². The van der Waals surface area contributed by atoms with Crippen LogP contribution in [0.3, 0.4) is 0 Å². The number of ether oxygens (including phenoxy) is 4. The number of aryl methyl sites for hydroxylation is 1. The van der Waals surface area contributed by atoms with Crippen molar-refractivity contribution in [2.75, 3.05) is 31.6 Å². The van der Waals surface area contributed by atoms with Crippen LogP contribution < -0.4 is 21.1 Å². The number of esters is 2. The van der Waals surface area contributed by atoms with Crippen molar-refractivity contribution in [3.63, 3.8) is 0 Å². The van der Waals surface area contributed by atoms with Crippen molar-refractivity contribution in [1.29, 1.82) is 0 Å². The number of rotatable bonds is 28. The van der Waals surface area contributed by atoms with Gasteiger partial charge < -0.3 is 29.6 Å². The number of unbranched alkanes of at least 4 members (excludes halogenated alkanes) is 15. The molecule has 1 amide bonds. The van der Waals surface area contributed by atoms with E-state index >= 15 is 0 Å². The first-order chi connectivity index (χ1) is 28.7. The fourth-order valence-electron chi connectivity index (χ4n) is 7.09. The average molecular weight is 817 g/mol. The number of benzene rings is 2. The van der Waals surface area contributed by atoms with Crippen LogP contribution in [-0.4, -0.2) is 59.8 Å². The van der Waals surface area contributed by atoms with Crippen LogP contribution in [0, 0.1) is 13.8 Å². The SMILES string of the molecule is CCCCCCCCCCCCCCCCCCOc1cc(COC(=O)CCC(=O)OC[C@@H]2CNC[C@H](n3ccc(NC(=O)c4ccccc4)nc3=O)O2)cc(C)c1C. The zero-order valence-corrected chi connectivity index (χ0v) is 35.8. The van der Waals surface area contributed by atoms with Crippen molar-refractivity contribution in [3.8, 4) is 5.75 Å². The highest BCUT2D eigenvalue weighted by Gasteiger charge is 2.26. The molecule has 59 heavy (non-hydrogen) atoms. The zero-order valence-electron chi connectivity index (χ0n) is 35.8. The van der Waals surface area contributed by atoms with Crippen LogP contribution in [0.1, 0.15) is 156 Å². The summed E-state index contributed by atoms with van der Waals surface area (Å²) in [6, 6.07) is 14.1. The van der Waals surface area contributed by atoms with Crippen molar-refractivity contribution in [1.82, 2.24) is 14.9 Å². The van der Waals surface area contributed by atoms with Gasteiger partial charge in [-0.2, -0.15) is 4.98 Å². The number of amides is 1. The number of anilines is 1. The molecule has 2 heterocycles. The lowest BCUT2D eigenvalue weighted by molar-refractivity contribution is -0.157. The standard InChI is InChI=1S/C47H68N4O8/c1-4-5-6-7-8-9-10-11-12-13-14-15-16-17-18-22-29-56-41-31-38(30-36(2)37(41)3)34-57-44(52)25-26-45(53)58-35-40-32-48-33-43(59-40)51-28-27-42(50-47(51)55)49-46(54)39-23-20-19-21-24-39/h19-21,23-24,27-28,30-31,40,43,48H,4-18,22,25-26,29,32-35H2,1-3H3,(H,49,50,54,55)/t40-,43+/m0/s1. The van der Waals surface area contributed by atoms with Gasteiger partial charge in [-0.15, -0.1) is 0 Å². The molecule has 324 valence electrons.